The monoisotopic (exact) mass is 543 g/mol. The number of anilines is 5. The Balaban J connectivity index is 1.50. The first kappa shape index (κ1) is 26.7. The highest BCUT2D eigenvalue weighted by molar-refractivity contribution is 5.97. The van der Waals surface area contributed by atoms with Crippen LogP contribution < -0.4 is 25.3 Å². The molecule has 1 fully saturated rings. The summed E-state index contributed by atoms with van der Waals surface area (Å²) in [5.74, 6) is -3.37. The van der Waals surface area contributed by atoms with Crippen LogP contribution >= 0.6 is 0 Å². The van der Waals surface area contributed by atoms with Crippen molar-refractivity contribution in [1.82, 2.24) is 15.3 Å². The van der Waals surface area contributed by atoms with Gasteiger partial charge >= 0.3 is 0 Å². The van der Waals surface area contributed by atoms with Crippen molar-refractivity contribution in [3.8, 4) is 11.3 Å². The number of hydrogen-bond acceptors (Lipinski definition) is 7. The number of hydrogen-bond donors (Lipinski definition) is 2. The molecule has 206 valence electrons. The number of rotatable bonds is 5. The lowest BCUT2D eigenvalue weighted by Crippen LogP contribution is -2.46. The Morgan fingerprint density at radius 2 is 1.67 bits per heavy atom. The average molecular weight is 544 g/mol. The third-order valence-corrected chi connectivity index (χ3v) is 6.95. The van der Waals surface area contributed by atoms with Crippen LogP contribution in [0.15, 0.2) is 30.5 Å². The van der Waals surface area contributed by atoms with E-state index in [1.54, 1.807) is 11.0 Å². The minimum Gasteiger partial charge on any atom is -0.367 e. The van der Waals surface area contributed by atoms with Gasteiger partial charge in [0.25, 0.3) is 0 Å². The molecule has 0 atom stereocenters. The molecule has 0 aliphatic carbocycles. The zero-order chi connectivity index (χ0) is 27.8. The Labute approximate surface area is 223 Å². The van der Waals surface area contributed by atoms with Gasteiger partial charge in [-0.25, -0.2) is 27.5 Å². The summed E-state index contributed by atoms with van der Waals surface area (Å²) in [6, 6.07) is 4.78. The van der Waals surface area contributed by atoms with Crippen molar-refractivity contribution in [2.45, 2.75) is 26.8 Å². The normalized spacial score (nSPS) is 15.5. The molecule has 3 heterocycles. The van der Waals surface area contributed by atoms with Gasteiger partial charge in [0.2, 0.25) is 11.9 Å². The van der Waals surface area contributed by atoms with Gasteiger partial charge in [0.1, 0.15) is 28.8 Å². The molecule has 1 saturated heterocycles. The van der Waals surface area contributed by atoms with Gasteiger partial charge in [0.15, 0.2) is 5.82 Å². The molecule has 0 spiro atoms. The standard InChI is InChI=1S/C27H29F4N7O/c1-15(2)37-8-9-38(16(3)39)26-20(30)10-17(11-24(26)37)25-21(31)14-33-27(35-25)34-22-12-19(29)23(13-18(22)28)36-6-4-32-5-7-36/h10-15,32H,4-9H2,1-3H3,(H,33,34,35). The topological polar surface area (TPSA) is 76.6 Å². The van der Waals surface area contributed by atoms with E-state index in [0.717, 1.165) is 24.4 Å². The summed E-state index contributed by atoms with van der Waals surface area (Å²) in [5.41, 5.74) is 0.386. The maximum absolute atomic E-state index is 15.4. The fourth-order valence-electron chi connectivity index (χ4n) is 5.03. The smallest absolute Gasteiger partial charge is 0.228 e. The molecule has 0 unspecified atom stereocenters. The number of aromatic nitrogens is 2. The molecule has 1 aromatic heterocycles. The van der Waals surface area contributed by atoms with Gasteiger partial charge in [-0.3, -0.25) is 4.79 Å². The highest BCUT2D eigenvalue weighted by atomic mass is 19.1. The van der Waals surface area contributed by atoms with E-state index >= 15 is 4.39 Å². The van der Waals surface area contributed by atoms with Gasteiger partial charge in [-0.15, -0.1) is 0 Å². The van der Waals surface area contributed by atoms with Crippen LogP contribution in [0.4, 0.5) is 46.3 Å². The van der Waals surface area contributed by atoms with Crippen molar-refractivity contribution >= 4 is 34.6 Å². The molecule has 1 amide bonds. The number of amides is 1. The van der Waals surface area contributed by atoms with Crippen LogP contribution in [0.2, 0.25) is 0 Å². The molecule has 0 radical (unpaired) electrons. The van der Waals surface area contributed by atoms with Gasteiger partial charge in [-0.1, -0.05) is 0 Å². The SMILES string of the molecule is CC(=O)N1CCN(C(C)C)c2cc(-c3nc(Nc4cc(F)c(N5CCNCC5)cc4F)ncc3F)cc(F)c21. The number of nitrogens with zero attached hydrogens (tertiary/aromatic N) is 5. The van der Waals surface area contributed by atoms with E-state index in [1.807, 2.05) is 18.7 Å². The number of benzene rings is 2. The Morgan fingerprint density at radius 3 is 2.36 bits per heavy atom. The first-order chi connectivity index (χ1) is 18.6. The first-order valence-corrected chi connectivity index (χ1v) is 12.8. The van der Waals surface area contributed by atoms with Gasteiger partial charge in [0, 0.05) is 69.9 Å². The Hall–Kier alpha value is -3.93. The number of carbonyl (C=O) groups is 1. The van der Waals surface area contributed by atoms with Crippen molar-refractivity contribution in [3.05, 3.63) is 53.7 Å². The van der Waals surface area contributed by atoms with Gasteiger partial charge in [0.05, 0.1) is 23.3 Å². The molecular formula is C27H29F4N7O. The highest BCUT2D eigenvalue weighted by Gasteiger charge is 2.31. The zero-order valence-electron chi connectivity index (χ0n) is 21.9. The minimum absolute atomic E-state index is 0.0120. The molecule has 2 aliphatic heterocycles. The lowest BCUT2D eigenvalue weighted by molar-refractivity contribution is -0.116. The van der Waals surface area contributed by atoms with Crippen molar-refractivity contribution in [2.75, 3.05) is 59.3 Å². The molecule has 5 rings (SSSR count). The molecule has 12 heteroatoms. The molecule has 2 N–H and O–H groups in total. The lowest BCUT2D eigenvalue weighted by Gasteiger charge is -2.40. The van der Waals surface area contributed by atoms with Crippen molar-refractivity contribution in [2.24, 2.45) is 0 Å². The predicted molar refractivity (Wildman–Crippen MR) is 143 cm³/mol. The molecular weight excluding hydrogens is 514 g/mol. The van der Waals surface area contributed by atoms with E-state index in [-0.39, 0.29) is 46.2 Å². The molecule has 0 bridgehead atoms. The van der Waals surface area contributed by atoms with E-state index in [1.165, 1.54) is 11.8 Å². The predicted octanol–water partition coefficient (Wildman–Crippen LogP) is 4.43. The second-order valence-corrected chi connectivity index (χ2v) is 9.82. The summed E-state index contributed by atoms with van der Waals surface area (Å²) in [5, 5.41) is 5.77. The van der Waals surface area contributed by atoms with E-state index in [4.69, 9.17) is 0 Å². The lowest BCUT2D eigenvalue weighted by atomic mass is 10.0. The molecule has 39 heavy (non-hydrogen) atoms. The second-order valence-electron chi connectivity index (χ2n) is 9.82. The summed E-state index contributed by atoms with van der Waals surface area (Å²) in [7, 11) is 0. The Morgan fingerprint density at radius 1 is 0.923 bits per heavy atom. The maximum atomic E-state index is 15.4. The average Bonchev–Trinajstić information content (AvgIpc) is 2.91. The summed E-state index contributed by atoms with van der Waals surface area (Å²) >= 11 is 0. The van der Waals surface area contributed by atoms with E-state index in [9.17, 15) is 18.0 Å². The van der Waals surface area contributed by atoms with Crippen molar-refractivity contribution in [1.29, 1.82) is 0 Å². The number of halogens is 4. The van der Waals surface area contributed by atoms with Gasteiger partial charge < -0.3 is 25.3 Å². The summed E-state index contributed by atoms with van der Waals surface area (Å²) in [6.45, 7) is 8.45. The number of nitrogens with one attached hydrogen (secondary N) is 2. The summed E-state index contributed by atoms with van der Waals surface area (Å²) < 4.78 is 60.2. The molecule has 3 aromatic rings. The van der Waals surface area contributed by atoms with Gasteiger partial charge in [-0.05, 0) is 26.0 Å². The first-order valence-electron chi connectivity index (χ1n) is 12.8. The molecule has 2 aromatic carbocycles. The summed E-state index contributed by atoms with van der Waals surface area (Å²) in [4.78, 5) is 25.2. The van der Waals surface area contributed by atoms with Crippen LogP contribution in [0.25, 0.3) is 11.3 Å². The number of fused-ring (bicyclic) bond motifs is 1. The molecule has 8 nitrogen and oxygen atoms in total. The van der Waals surface area contributed by atoms with E-state index in [0.29, 0.717) is 45.0 Å². The molecule has 2 aliphatic rings. The van der Waals surface area contributed by atoms with Crippen molar-refractivity contribution < 1.29 is 22.4 Å². The quantitative estimate of drug-likeness (QED) is 0.461. The van der Waals surface area contributed by atoms with Crippen LogP contribution in [0.1, 0.15) is 20.8 Å². The Kier molecular flexibility index (Phi) is 7.30. The number of carbonyl (C=O) groups excluding carboxylic acids is 1. The second kappa shape index (κ2) is 10.7. The number of piperazine rings is 1. The maximum Gasteiger partial charge on any atom is 0.228 e. The third-order valence-electron chi connectivity index (χ3n) is 6.95. The van der Waals surface area contributed by atoms with Crippen LogP contribution in [0.5, 0.6) is 0 Å². The minimum atomic E-state index is -0.823. The fourth-order valence-corrected chi connectivity index (χ4v) is 5.03. The van der Waals surface area contributed by atoms with Crippen LogP contribution in [0.3, 0.4) is 0 Å². The van der Waals surface area contributed by atoms with Crippen LogP contribution in [0, 0.1) is 23.3 Å². The van der Waals surface area contributed by atoms with E-state index in [2.05, 4.69) is 20.6 Å². The summed E-state index contributed by atoms with van der Waals surface area (Å²) in [6.07, 6.45) is 0.882. The largest absolute Gasteiger partial charge is 0.367 e. The highest BCUT2D eigenvalue weighted by Crippen LogP contribution is 2.40. The molecule has 0 saturated carbocycles. The van der Waals surface area contributed by atoms with Crippen LogP contribution in [-0.4, -0.2) is 61.2 Å². The van der Waals surface area contributed by atoms with Crippen LogP contribution in [-0.2, 0) is 4.79 Å². The third kappa shape index (κ3) is 5.20. The fraction of sp³-hybridized carbons (Fsp3) is 0.370. The van der Waals surface area contributed by atoms with Gasteiger partial charge in [-0.2, -0.15) is 0 Å². The Bertz CT molecular complexity index is 1410. The zero-order valence-corrected chi connectivity index (χ0v) is 21.9. The van der Waals surface area contributed by atoms with E-state index < -0.39 is 23.3 Å². The van der Waals surface area contributed by atoms with Crippen molar-refractivity contribution in [3.63, 3.8) is 0 Å².